The summed E-state index contributed by atoms with van der Waals surface area (Å²) in [6, 6.07) is 10.4. The maximum absolute atomic E-state index is 6.06. The predicted molar refractivity (Wildman–Crippen MR) is 70.9 cm³/mol. The largest absolute Gasteiger partial charge is 0.465 e. The average molecular weight is 232 g/mol. The Kier molecular flexibility index (Phi) is 3.09. The zero-order chi connectivity index (χ0) is 12.7. The van der Waals surface area contributed by atoms with Crippen LogP contribution in [-0.4, -0.2) is 18.3 Å². The number of rotatable bonds is 2. The van der Waals surface area contributed by atoms with Gasteiger partial charge in [0.05, 0.1) is 11.2 Å². The molecular formula is C14H21BO2. The van der Waals surface area contributed by atoms with Crippen LogP contribution in [0, 0.1) is 0 Å². The van der Waals surface area contributed by atoms with Crippen LogP contribution in [0.3, 0.4) is 0 Å². The van der Waals surface area contributed by atoms with Crippen LogP contribution in [-0.2, 0) is 9.31 Å². The van der Waals surface area contributed by atoms with Crippen molar-refractivity contribution in [2.75, 3.05) is 0 Å². The topological polar surface area (TPSA) is 18.5 Å². The Labute approximate surface area is 104 Å². The third-order valence-corrected chi connectivity index (χ3v) is 4.01. The summed E-state index contributed by atoms with van der Waals surface area (Å²) in [7, 11) is -0.164. The Morgan fingerprint density at radius 1 is 0.941 bits per heavy atom. The van der Waals surface area contributed by atoms with E-state index in [0.717, 1.165) is 0 Å². The van der Waals surface area contributed by atoms with Gasteiger partial charge in [0.1, 0.15) is 0 Å². The van der Waals surface area contributed by atoms with Crippen molar-refractivity contribution in [3.8, 4) is 0 Å². The summed E-state index contributed by atoms with van der Waals surface area (Å²) < 4.78 is 12.1. The first kappa shape index (κ1) is 12.7. The summed E-state index contributed by atoms with van der Waals surface area (Å²) in [5, 5.41) is 0. The second-order valence-electron chi connectivity index (χ2n) is 5.82. The van der Waals surface area contributed by atoms with E-state index in [9.17, 15) is 0 Å². The van der Waals surface area contributed by atoms with Crippen LogP contribution in [0.1, 0.15) is 46.0 Å². The lowest BCUT2D eigenvalue weighted by Crippen LogP contribution is -2.41. The lowest BCUT2D eigenvalue weighted by molar-refractivity contribution is 0.00578. The predicted octanol–water partition coefficient (Wildman–Crippen LogP) is 3.42. The van der Waals surface area contributed by atoms with Crippen LogP contribution >= 0.6 is 0 Å². The molecular weight excluding hydrogens is 211 g/mol. The standard InChI is InChI=1S/C14H21BO2/c1-11(12-9-7-6-8-10-12)15-16-13(2,3)14(4,5)17-15/h6-11H,1-5H3. The smallest absolute Gasteiger partial charge is 0.403 e. The van der Waals surface area contributed by atoms with E-state index >= 15 is 0 Å². The monoisotopic (exact) mass is 232 g/mol. The molecule has 0 amide bonds. The maximum atomic E-state index is 6.06. The molecule has 0 saturated carbocycles. The van der Waals surface area contributed by atoms with Gasteiger partial charge in [0.2, 0.25) is 0 Å². The van der Waals surface area contributed by atoms with Gasteiger partial charge >= 0.3 is 7.12 Å². The molecule has 2 nitrogen and oxygen atoms in total. The van der Waals surface area contributed by atoms with Crippen molar-refractivity contribution < 1.29 is 9.31 Å². The Balaban J connectivity index is 2.17. The van der Waals surface area contributed by atoms with Gasteiger partial charge in [-0.15, -0.1) is 0 Å². The minimum atomic E-state index is -0.249. The second-order valence-corrected chi connectivity index (χ2v) is 5.82. The fourth-order valence-electron chi connectivity index (χ4n) is 2.01. The van der Waals surface area contributed by atoms with Gasteiger partial charge in [-0.3, -0.25) is 0 Å². The summed E-state index contributed by atoms with van der Waals surface area (Å²) in [5.41, 5.74) is 0.757. The average Bonchev–Trinajstić information content (AvgIpc) is 2.48. The third kappa shape index (κ3) is 2.27. The van der Waals surface area contributed by atoms with Crippen LogP contribution in [0.15, 0.2) is 30.3 Å². The maximum Gasteiger partial charge on any atom is 0.465 e. The highest BCUT2D eigenvalue weighted by molar-refractivity contribution is 6.47. The summed E-state index contributed by atoms with van der Waals surface area (Å²) in [6.45, 7) is 10.5. The van der Waals surface area contributed by atoms with E-state index in [2.05, 4.69) is 58.9 Å². The Hall–Kier alpha value is -0.795. The van der Waals surface area contributed by atoms with E-state index in [1.54, 1.807) is 0 Å². The van der Waals surface area contributed by atoms with Gasteiger partial charge in [-0.05, 0) is 33.3 Å². The number of hydrogen-bond acceptors (Lipinski definition) is 2. The van der Waals surface area contributed by atoms with Crippen LogP contribution in [0.2, 0.25) is 0 Å². The normalized spacial score (nSPS) is 23.7. The molecule has 0 spiro atoms. The molecule has 0 aliphatic carbocycles. The van der Waals surface area contributed by atoms with Gasteiger partial charge in [-0.1, -0.05) is 37.3 Å². The van der Waals surface area contributed by atoms with Crippen molar-refractivity contribution >= 4 is 7.12 Å². The molecule has 92 valence electrons. The highest BCUT2D eigenvalue weighted by atomic mass is 16.7. The Morgan fingerprint density at radius 2 is 1.41 bits per heavy atom. The fourth-order valence-corrected chi connectivity index (χ4v) is 2.01. The van der Waals surface area contributed by atoms with Crippen LogP contribution < -0.4 is 0 Å². The van der Waals surface area contributed by atoms with Crippen molar-refractivity contribution in [1.82, 2.24) is 0 Å². The summed E-state index contributed by atoms with van der Waals surface area (Å²) in [4.78, 5) is 0. The first-order chi connectivity index (χ1) is 7.83. The fraction of sp³-hybridized carbons (Fsp3) is 0.571. The van der Waals surface area contributed by atoms with Gasteiger partial charge in [-0.2, -0.15) is 0 Å². The molecule has 3 heteroatoms. The Bertz CT molecular complexity index is 370. The first-order valence-electron chi connectivity index (χ1n) is 6.24. The molecule has 1 fully saturated rings. The van der Waals surface area contributed by atoms with Gasteiger partial charge in [0.25, 0.3) is 0 Å². The zero-order valence-corrected chi connectivity index (χ0v) is 11.4. The molecule has 1 unspecified atom stereocenters. The van der Waals surface area contributed by atoms with E-state index in [4.69, 9.17) is 9.31 Å². The molecule has 17 heavy (non-hydrogen) atoms. The molecule has 1 aromatic rings. The molecule has 1 saturated heterocycles. The summed E-state index contributed by atoms with van der Waals surface area (Å²) in [6.07, 6.45) is 0. The van der Waals surface area contributed by atoms with E-state index < -0.39 is 0 Å². The van der Waals surface area contributed by atoms with Crippen molar-refractivity contribution in [2.24, 2.45) is 0 Å². The second kappa shape index (κ2) is 4.15. The molecule has 1 aliphatic heterocycles. The lowest BCUT2D eigenvalue weighted by atomic mass is 9.69. The molecule has 0 aromatic heterocycles. The van der Waals surface area contributed by atoms with Gasteiger partial charge in [0.15, 0.2) is 0 Å². The number of hydrogen-bond donors (Lipinski definition) is 0. The molecule has 2 rings (SSSR count). The molecule has 1 aliphatic rings. The van der Waals surface area contributed by atoms with Crippen molar-refractivity contribution in [3.05, 3.63) is 35.9 Å². The van der Waals surface area contributed by atoms with E-state index in [1.165, 1.54) is 5.56 Å². The van der Waals surface area contributed by atoms with Crippen molar-refractivity contribution in [2.45, 2.75) is 51.6 Å². The van der Waals surface area contributed by atoms with Crippen LogP contribution in [0.5, 0.6) is 0 Å². The molecule has 0 radical (unpaired) electrons. The minimum absolute atomic E-state index is 0.164. The molecule has 1 heterocycles. The summed E-state index contributed by atoms with van der Waals surface area (Å²) >= 11 is 0. The van der Waals surface area contributed by atoms with Crippen LogP contribution in [0.4, 0.5) is 0 Å². The molecule has 0 bridgehead atoms. The van der Waals surface area contributed by atoms with Crippen molar-refractivity contribution in [1.29, 1.82) is 0 Å². The summed E-state index contributed by atoms with van der Waals surface area (Å²) in [5.74, 6) is 0.247. The van der Waals surface area contributed by atoms with Gasteiger partial charge in [-0.25, -0.2) is 0 Å². The quantitative estimate of drug-likeness (QED) is 0.727. The van der Waals surface area contributed by atoms with Crippen molar-refractivity contribution in [3.63, 3.8) is 0 Å². The van der Waals surface area contributed by atoms with E-state index in [0.29, 0.717) is 0 Å². The highest BCUT2D eigenvalue weighted by Crippen LogP contribution is 2.40. The number of benzene rings is 1. The highest BCUT2D eigenvalue weighted by Gasteiger charge is 2.52. The van der Waals surface area contributed by atoms with E-state index in [1.807, 2.05) is 6.07 Å². The Morgan fingerprint density at radius 3 is 1.88 bits per heavy atom. The minimum Gasteiger partial charge on any atom is -0.403 e. The molecule has 0 N–H and O–H groups in total. The van der Waals surface area contributed by atoms with E-state index in [-0.39, 0.29) is 24.1 Å². The lowest BCUT2D eigenvalue weighted by Gasteiger charge is -2.32. The third-order valence-electron chi connectivity index (χ3n) is 4.01. The van der Waals surface area contributed by atoms with Crippen LogP contribution in [0.25, 0.3) is 0 Å². The molecule has 1 atom stereocenters. The zero-order valence-electron chi connectivity index (χ0n) is 11.4. The SMILES string of the molecule is CC(B1OC(C)(C)C(C)(C)O1)c1ccccc1. The first-order valence-corrected chi connectivity index (χ1v) is 6.24. The van der Waals surface area contributed by atoms with Gasteiger partial charge < -0.3 is 9.31 Å². The molecule has 1 aromatic carbocycles. The van der Waals surface area contributed by atoms with Gasteiger partial charge in [0, 0.05) is 5.82 Å².